The molecule has 2 aromatic heterocycles. The largest absolute Gasteiger partial charge is 0.319 e. The monoisotopic (exact) mass is 340 g/mol. The molecule has 0 atom stereocenters. The molecule has 1 aliphatic rings. The van der Waals surface area contributed by atoms with E-state index in [0.717, 1.165) is 43.8 Å². The molecule has 1 fully saturated rings. The quantitative estimate of drug-likeness (QED) is 0.792. The van der Waals surface area contributed by atoms with Crippen LogP contribution in [0.15, 0.2) is 45.9 Å². The van der Waals surface area contributed by atoms with Crippen molar-refractivity contribution >= 4 is 22.4 Å². The Hall–Kier alpha value is -2.02. The van der Waals surface area contributed by atoms with Gasteiger partial charge in [-0.15, -0.1) is 0 Å². The summed E-state index contributed by atoms with van der Waals surface area (Å²) in [6.07, 6.45) is 0. The van der Waals surface area contributed by atoms with Crippen LogP contribution in [0.4, 0.5) is 0 Å². The van der Waals surface area contributed by atoms with Crippen LogP contribution < -0.4 is 5.56 Å². The van der Waals surface area contributed by atoms with Crippen molar-refractivity contribution in [1.82, 2.24) is 19.8 Å². The first kappa shape index (κ1) is 15.5. The fourth-order valence-electron chi connectivity index (χ4n) is 3.13. The van der Waals surface area contributed by atoms with Crippen molar-refractivity contribution in [3.63, 3.8) is 0 Å². The topological polar surface area (TPSA) is 52.2 Å². The molecule has 6 heteroatoms. The zero-order chi connectivity index (χ0) is 16.4. The highest BCUT2D eigenvalue weighted by Gasteiger charge is 2.19. The van der Waals surface area contributed by atoms with Gasteiger partial charge < -0.3 is 4.98 Å². The van der Waals surface area contributed by atoms with Crippen LogP contribution in [0.5, 0.6) is 0 Å². The number of nitrogens with zero attached hydrogens (tertiary/aromatic N) is 3. The lowest BCUT2D eigenvalue weighted by Crippen LogP contribution is -2.46. The van der Waals surface area contributed by atoms with Crippen molar-refractivity contribution in [3.05, 3.63) is 62.7 Å². The third-order valence-corrected chi connectivity index (χ3v) is 5.23. The number of hydrogen-bond acceptors (Lipinski definition) is 5. The van der Waals surface area contributed by atoms with Crippen LogP contribution in [0.1, 0.15) is 11.3 Å². The maximum atomic E-state index is 12.2. The summed E-state index contributed by atoms with van der Waals surface area (Å²) in [6, 6.07) is 9.87. The van der Waals surface area contributed by atoms with Gasteiger partial charge in [-0.05, 0) is 34.5 Å². The Labute approximate surface area is 144 Å². The molecule has 4 rings (SSSR count). The third kappa shape index (κ3) is 3.40. The van der Waals surface area contributed by atoms with E-state index in [4.69, 9.17) is 0 Å². The van der Waals surface area contributed by atoms with E-state index in [1.54, 1.807) is 11.3 Å². The van der Waals surface area contributed by atoms with Gasteiger partial charge in [0.1, 0.15) is 5.69 Å². The fraction of sp³-hybridized carbons (Fsp3) is 0.333. The van der Waals surface area contributed by atoms with E-state index in [1.165, 1.54) is 5.56 Å². The summed E-state index contributed by atoms with van der Waals surface area (Å²) >= 11 is 1.75. The predicted octanol–water partition coefficient (Wildman–Crippen LogP) is 2.30. The highest BCUT2D eigenvalue weighted by Crippen LogP contribution is 2.13. The molecule has 3 aromatic rings. The lowest BCUT2D eigenvalue weighted by atomic mass is 10.2. The van der Waals surface area contributed by atoms with Crippen LogP contribution in [0.25, 0.3) is 11.0 Å². The average molecular weight is 340 g/mol. The first-order valence-electron chi connectivity index (χ1n) is 8.22. The summed E-state index contributed by atoms with van der Waals surface area (Å²) in [5.74, 6) is 0. The number of hydrogen-bond donors (Lipinski definition) is 1. The van der Waals surface area contributed by atoms with Gasteiger partial charge in [-0.2, -0.15) is 11.3 Å². The molecule has 1 N–H and O–H groups in total. The molecule has 1 aromatic carbocycles. The second-order valence-corrected chi connectivity index (χ2v) is 6.99. The minimum absolute atomic E-state index is 0.0746. The molecule has 3 heterocycles. The van der Waals surface area contributed by atoms with Crippen molar-refractivity contribution in [2.24, 2.45) is 0 Å². The molecule has 0 unspecified atom stereocenters. The number of benzene rings is 1. The van der Waals surface area contributed by atoms with Crippen LogP contribution in [-0.4, -0.2) is 45.9 Å². The van der Waals surface area contributed by atoms with Crippen LogP contribution in [0.2, 0.25) is 0 Å². The summed E-state index contributed by atoms with van der Waals surface area (Å²) in [6.45, 7) is 5.64. The maximum absolute atomic E-state index is 12.2. The Balaban J connectivity index is 1.40. The molecule has 0 amide bonds. The highest BCUT2D eigenvalue weighted by molar-refractivity contribution is 7.07. The standard InChI is InChI=1S/C18H20N4OS/c23-18-17(19-15-3-1-2-4-16(15)20-18)12-22-8-6-21(7-9-22)11-14-5-10-24-13-14/h1-5,10,13H,6-9,11-12H2,(H,20,23). The minimum Gasteiger partial charge on any atom is -0.319 e. The summed E-state index contributed by atoms with van der Waals surface area (Å²) in [7, 11) is 0. The normalized spacial score (nSPS) is 16.7. The van der Waals surface area contributed by atoms with E-state index in [0.29, 0.717) is 12.2 Å². The van der Waals surface area contributed by atoms with Gasteiger partial charge in [0.2, 0.25) is 0 Å². The van der Waals surface area contributed by atoms with Crippen LogP contribution in [-0.2, 0) is 13.1 Å². The Morgan fingerprint density at radius 1 is 1.04 bits per heavy atom. The minimum atomic E-state index is -0.0746. The zero-order valence-electron chi connectivity index (χ0n) is 13.4. The average Bonchev–Trinajstić information content (AvgIpc) is 3.10. The Morgan fingerprint density at radius 3 is 2.54 bits per heavy atom. The number of fused-ring (bicyclic) bond motifs is 1. The van der Waals surface area contributed by atoms with Gasteiger partial charge in [0.15, 0.2) is 0 Å². The molecule has 0 bridgehead atoms. The molecule has 5 nitrogen and oxygen atoms in total. The Kier molecular flexibility index (Phi) is 4.42. The number of aromatic nitrogens is 2. The summed E-state index contributed by atoms with van der Waals surface area (Å²) < 4.78 is 0. The Morgan fingerprint density at radius 2 is 1.79 bits per heavy atom. The van der Waals surface area contributed by atoms with E-state index in [-0.39, 0.29) is 5.56 Å². The molecule has 0 radical (unpaired) electrons. The molecule has 0 saturated carbocycles. The SMILES string of the molecule is O=c1[nH]c2ccccc2nc1CN1CCN(Cc2ccsc2)CC1. The smallest absolute Gasteiger partial charge is 0.271 e. The first-order valence-corrected chi connectivity index (χ1v) is 9.16. The first-order chi connectivity index (χ1) is 11.8. The molecule has 124 valence electrons. The molecule has 0 aliphatic carbocycles. The lowest BCUT2D eigenvalue weighted by molar-refractivity contribution is 0.121. The summed E-state index contributed by atoms with van der Waals surface area (Å²) in [5, 5.41) is 4.34. The number of H-pyrrole nitrogens is 1. The van der Waals surface area contributed by atoms with Crippen LogP contribution >= 0.6 is 11.3 Å². The van der Waals surface area contributed by atoms with Crippen molar-refractivity contribution in [1.29, 1.82) is 0 Å². The van der Waals surface area contributed by atoms with Gasteiger partial charge >= 0.3 is 0 Å². The maximum Gasteiger partial charge on any atom is 0.271 e. The van der Waals surface area contributed by atoms with E-state index in [1.807, 2.05) is 24.3 Å². The van der Waals surface area contributed by atoms with Crippen molar-refractivity contribution in [3.8, 4) is 0 Å². The fourth-order valence-corrected chi connectivity index (χ4v) is 3.79. The molecule has 24 heavy (non-hydrogen) atoms. The van der Waals surface area contributed by atoms with Gasteiger partial charge in [0.05, 0.1) is 11.0 Å². The molecule has 1 aliphatic heterocycles. The molecule has 0 spiro atoms. The van der Waals surface area contributed by atoms with Crippen molar-refractivity contribution in [2.45, 2.75) is 13.1 Å². The third-order valence-electron chi connectivity index (χ3n) is 4.49. The Bertz CT molecular complexity index is 866. The van der Waals surface area contributed by atoms with Gasteiger partial charge in [0.25, 0.3) is 5.56 Å². The number of thiophene rings is 1. The molecular formula is C18H20N4OS. The highest BCUT2D eigenvalue weighted by atomic mass is 32.1. The van der Waals surface area contributed by atoms with Gasteiger partial charge in [0, 0.05) is 39.3 Å². The summed E-state index contributed by atoms with van der Waals surface area (Å²) in [5.41, 5.74) is 3.57. The number of nitrogens with one attached hydrogen (secondary N) is 1. The molecule has 1 saturated heterocycles. The number of piperazine rings is 1. The van der Waals surface area contributed by atoms with Crippen molar-refractivity contribution in [2.75, 3.05) is 26.2 Å². The summed E-state index contributed by atoms with van der Waals surface area (Å²) in [4.78, 5) is 24.5. The van der Waals surface area contributed by atoms with Gasteiger partial charge in [-0.1, -0.05) is 12.1 Å². The van der Waals surface area contributed by atoms with E-state index < -0.39 is 0 Å². The zero-order valence-corrected chi connectivity index (χ0v) is 14.3. The van der Waals surface area contributed by atoms with E-state index in [2.05, 4.69) is 36.6 Å². The second kappa shape index (κ2) is 6.84. The molecular weight excluding hydrogens is 320 g/mol. The second-order valence-electron chi connectivity index (χ2n) is 6.21. The predicted molar refractivity (Wildman–Crippen MR) is 97.2 cm³/mol. The van der Waals surface area contributed by atoms with Gasteiger partial charge in [-0.3, -0.25) is 14.6 Å². The lowest BCUT2D eigenvalue weighted by Gasteiger charge is -2.34. The van der Waals surface area contributed by atoms with Gasteiger partial charge in [-0.25, -0.2) is 4.98 Å². The van der Waals surface area contributed by atoms with Crippen LogP contribution in [0, 0.1) is 0 Å². The van der Waals surface area contributed by atoms with Crippen molar-refractivity contribution < 1.29 is 0 Å². The number of aromatic amines is 1. The van der Waals surface area contributed by atoms with E-state index >= 15 is 0 Å². The van der Waals surface area contributed by atoms with Crippen LogP contribution in [0.3, 0.4) is 0 Å². The number of rotatable bonds is 4. The van der Waals surface area contributed by atoms with E-state index in [9.17, 15) is 4.79 Å². The number of para-hydroxylation sites is 2.